The SMILES string of the molecule is C=CC1=C(C(C)(C)CC(C)(C)CNc2cccc(N(C)c3ccc(C)cc3)c2C=C)C=C(F)CC1. The molecule has 3 heteroatoms. The molecule has 0 aliphatic heterocycles. The molecule has 1 N–H and O–H groups in total. The molecule has 2 aromatic carbocycles. The minimum atomic E-state index is -0.165. The van der Waals surface area contributed by atoms with Crippen molar-refractivity contribution in [1.82, 2.24) is 0 Å². The Morgan fingerprint density at radius 3 is 2.31 bits per heavy atom. The van der Waals surface area contributed by atoms with Gasteiger partial charge in [-0.15, -0.1) is 0 Å². The summed E-state index contributed by atoms with van der Waals surface area (Å²) in [6, 6.07) is 14.9. The van der Waals surface area contributed by atoms with Crippen LogP contribution in [0, 0.1) is 17.8 Å². The van der Waals surface area contributed by atoms with Gasteiger partial charge in [-0.3, -0.25) is 0 Å². The minimum Gasteiger partial charge on any atom is -0.384 e. The van der Waals surface area contributed by atoms with Gasteiger partial charge in [-0.1, -0.05) is 76.8 Å². The highest BCUT2D eigenvalue weighted by Crippen LogP contribution is 2.44. The van der Waals surface area contributed by atoms with Crippen LogP contribution in [0.5, 0.6) is 0 Å². The first-order valence-corrected chi connectivity index (χ1v) is 12.5. The van der Waals surface area contributed by atoms with E-state index in [1.807, 2.05) is 12.2 Å². The molecule has 35 heavy (non-hydrogen) atoms. The van der Waals surface area contributed by atoms with Gasteiger partial charge in [0.1, 0.15) is 5.83 Å². The van der Waals surface area contributed by atoms with Crippen molar-refractivity contribution in [3.05, 3.63) is 95.9 Å². The van der Waals surface area contributed by atoms with Gasteiger partial charge in [0, 0.05) is 37.0 Å². The summed E-state index contributed by atoms with van der Waals surface area (Å²) in [6.45, 7) is 20.0. The van der Waals surface area contributed by atoms with E-state index in [1.54, 1.807) is 6.08 Å². The van der Waals surface area contributed by atoms with Crippen LogP contribution >= 0.6 is 0 Å². The molecule has 0 amide bonds. The Labute approximate surface area is 211 Å². The van der Waals surface area contributed by atoms with Gasteiger partial charge in [-0.05, 0) is 72.1 Å². The normalized spacial score (nSPS) is 14.4. The van der Waals surface area contributed by atoms with Crippen molar-refractivity contribution in [1.29, 1.82) is 0 Å². The summed E-state index contributed by atoms with van der Waals surface area (Å²) in [5, 5.41) is 3.70. The summed E-state index contributed by atoms with van der Waals surface area (Å²) in [5.74, 6) is -0.0280. The predicted molar refractivity (Wildman–Crippen MR) is 152 cm³/mol. The highest BCUT2D eigenvalue weighted by molar-refractivity contribution is 5.81. The average molecular weight is 473 g/mol. The molecule has 0 radical (unpaired) electrons. The zero-order valence-corrected chi connectivity index (χ0v) is 22.3. The van der Waals surface area contributed by atoms with Crippen molar-refractivity contribution in [2.75, 3.05) is 23.8 Å². The Morgan fingerprint density at radius 1 is 1.00 bits per heavy atom. The monoisotopic (exact) mass is 472 g/mol. The van der Waals surface area contributed by atoms with Crippen LogP contribution in [-0.4, -0.2) is 13.6 Å². The number of hydrogen-bond acceptors (Lipinski definition) is 2. The molecule has 186 valence electrons. The second-order valence-electron chi connectivity index (χ2n) is 11.1. The smallest absolute Gasteiger partial charge is 0.101 e. The number of aryl methyl sites for hydroxylation is 1. The topological polar surface area (TPSA) is 15.3 Å². The van der Waals surface area contributed by atoms with Crippen LogP contribution in [0.25, 0.3) is 6.08 Å². The van der Waals surface area contributed by atoms with Gasteiger partial charge in [-0.25, -0.2) is 4.39 Å². The van der Waals surface area contributed by atoms with Crippen LogP contribution in [0.3, 0.4) is 0 Å². The highest BCUT2D eigenvalue weighted by Gasteiger charge is 2.33. The third-order valence-corrected chi connectivity index (χ3v) is 7.00. The lowest BCUT2D eigenvalue weighted by molar-refractivity contribution is 0.242. The lowest BCUT2D eigenvalue weighted by atomic mass is 9.68. The summed E-state index contributed by atoms with van der Waals surface area (Å²) in [6.07, 6.45) is 7.69. The van der Waals surface area contributed by atoms with Gasteiger partial charge in [-0.2, -0.15) is 0 Å². The zero-order valence-electron chi connectivity index (χ0n) is 22.3. The molecule has 3 rings (SSSR count). The second-order valence-corrected chi connectivity index (χ2v) is 11.1. The second kappa shape index (κ2) is 10.7. The average Bonchev–Trinajstić information content (AvgIpc) is 2.82. The van der Waals surface area contributed by atoms with E-state index in [0.29, 0.717) is 6.42 Å². The van der Waals surface area contributed by atoms with E-state index in [-0.39, 0.29) is 16.7 Å². The summed E-state index contributed by atoms with van der Waals surface area (Å²) in [5.41, 5.74) is 7.69. The van der Waals surface area contributed by atoms with Crippen molar-refractivity contribution in [3.63, 3.8) is 0 Å². The van der Waals surface area contributed by atoms with Crippen LogP contribution in [0.15, 0.2) is 84.7 Å². The molecule has 2 aromatic rings. The zero-order chi connectivity index (χ0) is 25.8. The van der Waals surface area contributed by atoms with Crippen molar-refractivity contribution >= 4 is 23.1 Å². The standard InChI is InChI=1S/C32H41FN2/c1-9-24-16-17-25(33)20-28(24)32(6,7)21-31(4,5)22-34-29-12-11-13-30(27(29)10-2)35(8)26-18-14-23(3)15-19-26/h9-15,18-20,34H,1-2,16-17,21-22H2,3-8H3. The van der Waals surface area contributed by atoms with Crippen molar-refractivity contribution in [2.45, 2.75) is 53.9 Å². The third kappa shape index (κ3) is 6.33. The van der Waals surface area contributed by atoms with E-state index >= 15 is 0 Å². The molecule has 0 bridgehead atoms. The van der Waals surface area contributed by atoms with Gasteiger partial charge in [0.05, 0.1) is 5.69 Å². The number of allylic oxidation sites excluding steroid dienone is 5. The fourth-order valence-corrected chi connectivity index (χ4v) is 5.36. The molecule has 0 unspecified atom stereocenters. The molecular formula is C32H41FN2. The molecule has 0 saturated carbocycles. The van der Waals surface area contributed by atoms with Crippen molar-refractivity contribution in [2.24, 2.45) is 10.8 Å². The first kappa shape index (κ1) is 26.5. The highest BCUT2D eigenvalue weighted by atomic mass is 19.1. The van der Waals surface area contributed by atoms with Gasteiger partial charge < -0.3 is 10.2 Å². The first-order valence-electron chi connectivity index (χ1n) is 12.5. The van der Waals surface area contributed by atoms with Gasteiger partial charge in [0.25, 0.3) is 0 Å². The van der Waals surface area contributed by atoms with Crippen LogP contribution < -0.4 is 10.2 Å². The Kier molecular flexibility index (Phi) is 8.10. The number of nitrogens with one attached hydrogen (secondary N) is 1. The van der Waals surface area contributed by atoms with Crippen LogP contribution in [0.4, 0.5) is 21.5 Å². The fraction of sp³-hybridized carbons (Fsp3) is 0.375. The quantitative estimate of drug-likeness (QED) is 0.370. The number of hydrogen-bond donors (Lipinski definition) is 1. The van der Waals surface area contributed by atoms with Gasteiger partial charge >= 0.3 is 0 Å². The van der Waals surface area contributed by atoms with E-state index in [1.165, 1.54) is 11.1 Å². The van der Waals surface area contributed by atoms with E-state index in [9.17, 15) is 4.39 Å². The van der Waals surface area contributed by atoms with Gasteiger partial charge in [0.15, 0.2) is 0 Å². The van der Waals surface area contributed by atoms with Crippen molar-refractivity contribution in [3.8, 4) is 0 Å². The lowest BCUT2D eigenvalue weighted by Gasteiger charge is -2.38. The molecule has 1 aliphatic carbocycles. The molecule has 0 fully saturated rings. The number of halogens is 1. The van der Waals surface area contributed by atoms with E-state index in [4.69, 9.17) is 0 Å². The van der Waals surface area contributed by atoms with Crippen molar-refractivity contribution < 1.29 is 4.39 Å². The predicted octanol–water partition coefficient (Wildman–Crippen LogP) is 9.39. The van der Waals surface area contributed by atoms with Crippen LogP contribution in [0.2, 0.25) is 0 Å². The first-order chi connectivity index (χ1) is 16.5. The molecule has 0 heterocycles. The molecule has 1 aliphatic rings. The minimum absolute atomic E-state index is 0.0259. The number of nitrogens with zero attached hydrogens (tertiary/aromatic N) is 1. The summed E-state index contributed by atoms with van der Waals surface area (Å²) in [7, 11) is 2.09. The Bertz CT molecular complexity index is 1130. The maximum atomic E-state index is 14.2. The maximum Gasteiger partial charge on any atom is 0.101 e. The van der Waals surface area contributed by atoms with E-state index < -0.39 is 0 Å². The number of anilines is 3. The fourth-order valence-electron chi connectivity index (χ4n) is 5.36. The molecule has 0 aromatic heterocycles. The number of rotatable bonds is 10. The van der Waals surface area contributed by atoms with Gasteiger partial charge in [0.2, 0.25) is 0 Å². The molecular weight excluding hydrogens is 431 g/mol. The summed E-state index contributed by atoms with van der Waals surface area (Å²) in [4.78, 5) is 2.20. The molecule has 0 saturated heterocycles. The van der Waals surface area contributed by atoms with Crippen LogP contribution in [0.1, 0.15) is 58.1 Å². The van der Waals surface area contributed by atoms with E-state index in [2.05, 4.69) is 108 Å². The van der Waals surface area contributed by atoms with Crippen LogP contribution in [-0.2, 0) is 0 Å². The summed E-state index contributed by atoms with van der Waals surface area (Å²) < 4.78 is 14.2. The maximum absolute atomic E-state index is 14.2. The third-order valence-electron chi connectivity index (χ3n) is 7.00. The molecule has 2 nitrogen and oxygen atoms in total. The Morgan fingerprint density at radius 2 is 1.69 bits per heavy atom. The lowest BCUT2D eigenvalue weighted by Crippen LogP contribution is -2.31. The number of benzene rings is 2. The Balaban J connectivity index is 1.80. The largest absolute Gasteiger partial charge is 0.384 e. The molecule has 0 atom stereocenters. The summed E-state index contributed by atoms with van der Waals surface area (Å²) >= 11 is 0. The van der Waals surface area contributed by atoms with E-state index in [0.717, 1.165) is 47.6 Å². The molecule has 0 spiro atoms. The Hall–Kier alpha value is -3.07.